The first-order valence-electron chi connectivity index (χ1n) is 5.26. The molecule has 2 rings (SSSR count). The first kappa shape index (κ1) is 8.80. The molecule has 1 aliphatic carbocycles. The second-order valence-corrected chi connectivity index (χ2v) is 4.62. The normalized spacial score (nSPS) is 32.2. The highest BCUT2D eigenvalue weighted by Gasteiger charge is 2.48. The molecule has 0 unspecified atom stereocenters. The largest absolute Gasteiger partial charge is 0.0625 e. The van der Waals surface area contributed by atoms with E-state index in [0.29, 0.717) is 0 Å². The Balaban J connectivity index is 2.14. The maximum Gasteiger partial charge on any atom is -0.00997 e. The molecular formula is C13H18. The second kappa shape index (κ2) is 3.17. The van der Waals surface area contributed by atoms with Gasteiger partial charge in [-0.05, 0) is 29.2 Å². The van der Waals surface area contributed by atoms with Gasteiger partial charge in [0.15, 0.2) is 0 Å². The maximum atomic E-state index is 2.38. The van der Waals surface area contributed by atoms with E-state index in [1.807, 2.05) is 0 Å². The van der Waals surface area contributed by atoms with E-state index in [4.69, 9.17) is 0 Å². The zero-order chi connectivity index (χ0) is 9.42. The Morgan fingerprint density at radius 3 is 2.15 bits per heavy atom. The average molecular weight is 174 g/mol. The topological polar surface area (TPSA) is 0 Å². The molecule has 0 N–H and O–H groups in total. The van der Waals surface area contributed by atoms with Crippen molar-refractivity contribution in [2.75, 3.05) is 0 Å². The van der Waals surface area contributed by atoms with Crippen molar-refractivity contribution in [1.82, 2.24) is 0 Å². The summed E-state index contributed by atoms with van der Waals surface area (Å²) in [7, 11) is 0. The van der Waals surface area contributed by atoms with E-state index in [2.05, 4.69) is 51.1 Å². The molecule has 1 aliphatic rings. The van der Waals surface area contributed by atoms with Crippen LogP contribution in [0.2, 0.25) is 0 Å². The summed E-state index contributed by atoms with van der Waals surface area (Å²) in [4.78, 5) is 0. The molecule has 0 aliphatic heterocycles. The Kier molecular flexibility index (Phi) is 2.15. The second-order valence-electron chi connectivity index (χ2n) is 4.62. The standard InChI is InChI=1S/C13H18/c1-9(2)12-10(3)13(12)11-7-5-4-6-8-11/h4-10,12-13H,1-3H3/t10-,12+,13+/m1/s1. The summed E-state index contributed by atoms with van der Waals surface area (Å²) in [5.41, 5.74) is 1.54. The van der Waals surface area contributed by atoms with Crippen molar-refractivity contribution >= 4 is 0 Å². The quantitative estimate of drug-likeness (QED) is 0.641. The lowest BCUT2D eigenvalue weighted by molar-refractivity contribution is 0.524. The highest BCUT2D eigenvalue weighted by molar-refractivity contribution is 5.27. The molecule has 13 heavy (non-hydrogen) atoms. The molecule has 1 fully saturated rings. The summed E-state index contributed by atoms with van der Waals surface area (Å²) in [5.74, 6) is 3.48. The molecule has 3 atom stereocenters. The molecule has 1 saturated carbocycles. The lowest BCUT2D eigenvalue weighted by Crippen LogP contribution is -1.92. The zero-order valence-corrected chi connectivity index (χ0v) is 8.70. The smallest absolute Gasteiger partial charge is 0.00997 e. The van der Waals surface area contributed by atoms with Crippen LogP contribution in [0.4, 0.5) is 0 Å². The number of benzene rings is 1. The van der Waals surface area contributed by atoms with Crippen LogP contribution in [0.15, 0.2) is 30.3 Å². The van der Waals surface area contributed by atoms with E-state index in [9.17, 15) is 0 Å². The van der Waals surface area contributed by atoms with Gasteiger partial charge in [-0.3, -0.25) is 0 Å². The fourth-order valence-electron chi connectivity index (χ4n) is 2.72. The highest BCUT2D eigenvalue weighted by atomic mass is 14.5. The van der Waals surface area contributed by atoms with Crippen LogP contribution in [0.25, 0.3) is 0 Å². The van der Waals surface area contributed by atoms with Crippen LogP contribution in [-0.4, -0.2) is 0 Å². The maximum absolute atomic E-state index is 2.38. The first-order chi connectivity index (χ1) is 6.22. The van der Waals surface area contributed by atoms with Gasteiger partial charge >= 0.3 is 0 Å². The molecule has 0 heteroatoms. The van der Waals surface area contributed by atoms with E-state index in [1.165, 1.54) is 5.56 Å². The molecule has 0 radical (unpaired) electrons. The lowest BCUT2D eigenvalue weighted by atomic mass is 10.0. The van der Waals surface area contributed by atoms with Gasteiger partial charge in [0.2, 0.25) is 0 Å². The third-order valence-corrected chi connectivity index (χ3v) is 3.40. The zero-order valence-electron chi connectivity index (χ0n) is 8.70. The molecule has 0 nitrogen and oxygen atoms in total. The van der Waals surface area contributed by atoms with Gasteiger partial charge in [0.25, 0.3) is 0 Å². The number of hydrogen-bond acceptors (Lipinski definition) is 0. The SMILES string of the molecule is CC(C)[C@H]1[C@@H](C)[C@H]1c1ccccc1. The molecule has 0 heterocycles. The molecular weight excluding hydrogens is 156 g/mol. The van der Waals surface area contributed by atoms with E-state index >= 15 is 0 Å². The third-order valence-electron chi connectivity index (χ3n) is 3.40. The Morgan fingerprint density at radius 2 is 1.69 bits per heavy atom. The molecule has 70 valence electrons. The van der Waals surface area contributed by atoms with Crippen LogP contribution < -0.4 is 0 Å². The fourth-order valence-corrected chi connectivity index (χ4v) is 2.72. The summed E-state index contributed by atoms with van der Waals surface area (Å²) in [5, 5.41) is 0. The molecule has 0 spiro atoms. The van der Waals surface area contributed by atoms with Gasteiger partial charge in [-0.15, -0.1) is 0 Å². The monoisotopic (exact) mass is 174 g/mol. The van der Waals surface area contributed by atoms with Crippen LogP contribution in [0.3, 0.4) is 0 Å². The van der Waals surface area contributed by atoms with E-state index < -0.39 is 0 Å². The van der Waals surface area contributed by atoms with E-state index in [0.717, 1.165) is 23.7 Å². The molecule has 1 aromatic carbocycles. The van der Waals surface area contributed by atoms with Crippen molar-refractivity contribution in [2.24, 2.45) is 17.8 Å². The van der Waals surface area contributed by atoms with Crippen LogP contribution >= 0.6 is 0 Å². The van der Waals surface area contributed by atoms with Gasteiger partial charge in [0.1, 0.15) is 0 Å². The summed E-state index contributed by atoms with van der Waals surface area (Å²) in [6.45, 7) is 7.05. The first-order valence-corrected chi connectivity index (χ1v) is 5.26. The fraction of sp³-hybridized carbons (Fsp3) is 0.538. The molecule has 0 aromatic heterocycles. The summed E-state index contributed by atoms with van der Waals surface area (Å²) in [6, 6.07) is 10.9. The van der Waals surface area contributed by atoms with Crippen molar-refractivity contribution in [3.05, 3.63) is 35.9 Å². The molecule has 0 saturated heterocycles. The number of hydrogen-bond donors (Lipinski definition) is 0. The average Bonchev–Trinajstić information content (AvgIpc) is 2.79. The van der Waals surface area contributed by atoms with Gasteiger partial charge in [-0.1, -0.05) is 51.1 Å². The molecule has 0 bridgehead atoms. The van der Waals surface area contributed by atoms with Gasteiger partial charge < -0.3 is 0 Å². The Hall–Kier alpha value is -0.780. The third kappa shape index (κ3) is 1.50. The minimum Gasteiger partial charge on any atom is -0.0625 e. The Morgan fingerprint density at radius 1 is 1.08 bits per heavy atom. The lowest BCUT2D eigenvalue weighted by Gasteiger charge is -2.02. The highest BCUT2D eigenvalue weighted by Crippen LogP contribution is 2.57. The van der Waals surface area contributed by atoms with Gasteiger partial charge in [0, 0.05) is 0 Å². The van der Waals surface area contributed by atoms with Gasteiger partial charge in [0.05, 0.1) is 0 Å². The van der Waals surface area contributed by atoms with Crippen molar-refractivity contribution in [3.63, 3.8) is 0 Å². The minimum absolute atomic E-state index is 0.834. The summed E-state index contributed by atoms with van der Waals surface area (Å²) >= 11 is 0. The predicted octanol–water partition coefficient (Wildman–Crippen LogP) is 3.69. The van der Waals surface area contributed by atoms with E-state index in [1.54, 1.807) is 0 Å². The minimum atomic E-state index is 0.834. The predicted molar refractivity (Wildman–Crippen MR) is 56.7 cm³/mol. The summed E-state index contributed by atoms with van der Waals surface area (Å²) < 4.78 is 0. The van der Waals surface area contributed by atoms with Crippen LogP contribution in [-0.2, 0) is 0 Å². The number of rotatable bonds is 2. The molecule has 1 aromatic rings. The van der Waals surface area contributed by atoms with Crippen molar-refractivity contribution in [1.29, 1.82) is 0 Å². The van der Waals surface area contributed by atoms with E-state index in [-0.39, 0.29) is 0 Å². The Bertz CT molecular complexity index is 273. The van der Waals surface area contributed by atoms with Gasteiger partial charge in [-0.25, -0.2) is 0 Å². The van der Waals surface area contributed by atoms with Crippen molar-refractivity contribution < 1.29 is 0 Å². The van der Waals surface area contributed by atoms with Crippen LogP contribution in [0.5, 0.6) is 0 Å². The van der Waals surface area contributed by atoms with Crippen LogP contribution in [0, 0.1) is 17.8 Å². The van der Waals surface area contributed by atoms with Gasteiger partial charge in [-0.2, -0.15) is 0 Å². The summed E-state index contributed by atoms with van der Waals surface area (Å²) in [6.07, 6.45) is 0. The van der Waals surface area contributed by atoms with Crippen molar-refractivity contribution in [2.45, 2.75) is 26.7 Å². The van der Waals surface area contributed by atoms with Crippen LogP contribution in [0.1, 0.15) is 32.3 Å². The molecule has 0 amide bonds. The Labute approximate surface area is 81.0 Å². The van der Waals surface area contributed by atoms with Crippen molar-refractivity contribution in [3.8, 4) is 0 Å².